The maximum atomic E-state index is 7.21. The molecule has 0 aliphatic rings. The minimum Gasteiger partial charge on any atom is -0.292 e. The van der Waals surface area contributed by atoms with E-state index in [1.165, 1.54) is 0 Å². The summed E-state index contributed by atoms with van der Waals surface area (Å²) in [7, 11) is 7.21. The van der Waals surface area contributed by atoms with Gasteiger partial charge in [0.25, 0.3) is 0 Å². The van der Waals surface area contributed by atoms with Crippen LogP contribution in [0.2, 0.25) is 0 Å². The third-order valence-electron chi connectivity index (χ3n) is 0.987. The van der Waals surface area contributed by atoms with Crippen LogP contribution in [0.5, 0.6) is 0 Å². The van der Waals surface area contributed by atoms with Gasteiger partial charge in [-0.05, 0) is 25.9 Å². The van der Waals surface area contributed by atoms with Crippen LogP contribution >= 0.6 is 0 Å². The van der Waals surface area contributed by atoms with Gasteiger partial charge in [-0.25, -0.2) is 0 Å². The summed E-state index contributed by atoms with van der Waals surface area (Å²) in [6.45, 7) is 6.01. The normalized spacial score (nSPS) is 10.5. The molecule has 0 unspecified atom stereocenters. The molecule has 47 valence electrons. The van der Waals surface area contributed by atoms with Crippen molar-refractivity contribution in [2.45, 2.75) is 26.7 Å². The van der Waals surface area contributed by atoms with Crippen LogP contribution < -0.4 is 0 Å². The maximum absolute atomic E-state index is 7.21. The van der Waals surface area contributed by atoms with Crippen molar-refractivity contribution in [2.24, 2.45) is 0 Å². The van der Waals surface area contributed by atoms with Crippen molar-refractivity contribution in [3.63, 3.8) is 0 Å². The molecule has 0 amide bonds. The van der Waals surface area contributed by atoms with Gasteiger partial charge in [-0.3, -0.25) is 4.90 Å². The molecule has 1 nitrogen and oxygen atoms in total. The van der Waals surface area contributed by atoms with Gasteiger partial charge in [0.2, 0.25) is 0 Å². The van der Waals surface area contributed by atoms with Gasteiger partial charge in [0, 0.05) is 0 Å². The Bertz CT molecular complexity index is 37.7. The second kappa shape index (κ2) is 5.10. The zero-order valence-electron chi connectivity index (χ0n) is 5.78. The smallest absolute Gasteiger partial charge is 0.0882 e. The molecular formula is C7H14N. The lowest BCUT2D eigenvalue weighted by Crippen LogP contribution is -2.16. The first-order chi connectivity index (χ1) is 3.81. The van der Waals surface area contributed by atoms with Gasteiger partial charge in [0.1, 0.15) is 0 Å². The molecule has 0 aromatic heterocycles. The summed E-state index contributed by atoms with van der Waals surface area (Å²) in [5.41, 5.74) is 0. The quantitative estimate of drug-likeness (QED) is 0.534. The van der Waals surface area contributed by atoms with Gasteiger partial charge >= 0.3 is 0 Å². The second-order valence-electron chi connectivity index (χ2n) is 1.99. The van der Waals surface area contributed by atoms with E-state index in [4.69, 9.17) is 7.05 Å². The topological polar surface area (TPSA) is 3.24 Å². The number of nitrogens with zero attached hydrogens (tertiary/aromatic N) is 1. The first kappa shape index (κ1) is 7.96. The van der Waals surface area contributed by atoms with Crippen LogP contribution in [0.15, 0.2) is 0 Å². The Morgan fingerprint density at radius 3 is 1.75 bits per heavy atom. The molecule has 0 spiro atoms. The van der Waals surface area contributed by atoms with Crippen molar-refractivity contribution >= 4 is 0 Å². The lowest BCUT2D eigenvalue weighted by atomic mass is 10.4. The van der Waals surface area contributed by atoms with E-state index in [9.17, 15) is 0 Å². The van der Waals surface area contributed by atoms with Crippen LogP contribution in [0.1, 0.15) is 26.7 Å². The Morgan fingerprint density at radius 2 is 1.50 bits per heavy atom. The Morgan fingerprint density at radius 1 is 1.12 bits per heavy atom. The molecule has 8 heavy (non-hydrogen) atoms. The van der Waals surface area contributed by atoms with Crippen LogP contribution in [0.4, 0.5) is 0 Å². The maximum Gasteiger partial charge on any atom is 0.0882 e. The minimum absolute atomic E-state index is 0.911. The van der Waals surface area contributed by atoms with E-state index >= 15 is 0 Å². The lowest BCUT2D eigenvalue weighted by molar-refractivity contribution is 0.370. The van der Waals surface area contributed by atoms with Crippen LogP contribution in [0.3, 0.4) is 0 Å². The SMILES string of the molecule is [C]N(CCC)CCC. The molecule has 0 aliphatic carbocycles. The highest BCUT2D eigenvalue weighted by Crippen LogP contribution is 1.88. The zero-order chi connectivity index (χ0) is 6.41. The average molecular weight is 112 g/mol. The van der Waals surface area contributed by atoms with E-state index in [1.54, 1.807) is 4.90 Å². The monoisotopic (exact) mass is 112 g/mol. The number of hydrogen-bond donors (Lipinski definition) is 0. The van der Waals surface area contributed by atoms with E-state index in [0.717, 1.165) is 25.9 Å². The number of rotatable bonds is 4. The van der Waals surface area contributed by atoms with Crippen LogP contribution in [-0.4, -0.2) is 18.0 Å². The molecule has 0 aromatic rings. The van der Waals surface area contributed by atoms with Crippen molar-refractivity contribution in [1.82, 2.24) is 4.90 Å². The van der Waals surface area contributed by atoms with E-state index in [2.05, 4.69) is 13.8 Å². The lowest BCUT2D eigenvalue weighted by Gasteiger charge is -2.11. The van der Waals surface area contributed by atoms with Gasteiger partial charge in [-0.2, -0.15) is 0 Å². The fraction of sp³-hybridized carbons (Fsp3) is 0.857. The molecule has 3 radical (unpaired) electrons. The Kier molecular flexibility index (Phi) is 5.08. The van der Waals surface area contributed by atoms with Crippen LogP contribution in [0, 0.1) is 7.05 Å². The van der Waals surface area contributed by atoms with E-state index in [0.29, 0.717) is 0 Å². The van der Waals surface area contributed by atoms with Crippen molar-refractivity contribution in [1.29, 1.82) is 0 Å². The van der Waals surface area contributed by atoms with Crippen molar-refractivity contribution in [3.05, 3.63) is 7.05 Å². The Balaban J connectivity index is 2.92. The summed E-state index contributed by atoms with van der Waals surface area (Å²) in [6, 6.07) is 0. The molecular weight excluding hydrogens is 98.1 g/mol. The summed E-state index contributed by atoms with van der Waals surface area (Å²) < 4.78 is 0. The first-order valence-corrected chi connectivity index (χ1v) is 3.27. The van der Waals surface area contributed by atoms with Gasteiger partial charge in [-0.1, -0.05) is 13.8 Å². The average Bonchev–Trinajstić information content (AvgIpc) is 1.68. The summed E-state index contributed by atoms with van der Waals surface area (Å²) in [6.07, 6.45) is 2.17. The van der Waals surface area contributed by atoms with Crippen molar-refractivity contribution < 1.29 is 0 Å². The fourth-order valence-electron chi connectivity index (χ4n) is 0.652. The Labute approximate surface area is 52.7 Å². The standard InChI is InChI=1S/C7H14N/c1-4-6-8(3)7-5-2/h4-7H2,1-2H3. The molecule has 0 bridgehead atoms. The predicted octanol–water partition coefficient (Wildman–Crippen LogP) is 1.65. The van der Waals surface area contributed by atoms with Gasteiger partial charge in [0.05, 0.1) is 7.05 Å². The summed E-state index contributed by atoms with van der Waals surface area (Å²) in [4.78, 5) is 1.61. The highest BCUT2D eigenvalue weighted by molar-refractivity contribution is 4.50. The highest BCUT2D eigenvalue weighted by atomic mass is 15.1. The minimum atomic E-state index is 0.911. The molecule has 1 heteroatoms. The van der Waals surface area contributed by atoms with E-state index in [-0.39, 0.29) is 0 Å². The van der Waals surface area contributed by atoms with E-state index < -0.39 is 0 Å². The van der Waals surface area contributed by atoms with Crippen LogP contribution in [0.25, 0.3) is 0 Å². The molecule has 0 aromatic carbocycles. The third kappa shape index (κ3) is 4.13. The molecule has 0 aliphatic heterocycles. The Hall–Kier alpha value is -0.0400. The van der Waals surface area contributed by atoms with Crippen molar-refractivity contribution in [2.75, 3.05) is 13.1 Å². The molecule has 0 atom stereocenters. The van der Waals surface area contributed by atoms with E-state index in [1.807, 2.05) is 0 Å². The molecule has 0 saturated carbocycles. The molecule has 0 heterocycles. The van der Waals surface area contributed by atoms with Gasteiger partial charge < -0.3 is 0 Å². The number of hydrogen-bond acceptors (Lipinski definition) is 1. The van der Waals surface area contributed by atoms with Crippen molar-refractivity contribution in [3.8, 4) is 0 Å². The summed E-state index contributed by atoms with van der Waals surface area (Å²) >= 11 is 0. The summed E-state index contributed by atoms with van der Waals surface area (Å²) in [5.74, 6) is 0. The molecule has 0 saturated heterocycles. The zero-order valence-corrected chi connectivity index (χ0v) is 5.78. The molecule has 0 N–H and O–H groups in total. The first-order valence-electron chi connectivity index (χ1n) is 3.27. The van der Waals surface area contributed by atoms with Crippen LogP contribution in [-0.2, 0) is 0 Å². The van der Waals surface area contributed by atoms with Gasteiger partial charge in [0.15, 0.2) is 0 Å². The largest absolute Gasteiger partial charge is 0.292 e. The molecule has 0 rings (SSSR count). The highest BCUT2D eigenvalue weighted by Gasteiger charge is 1.91. The summed E-state index contributed by atoms with van der Waals surface area (Å²) in [5, 5.41) is 0. The predicted molar refractivity (Wildman–Crippen MR) is 35.4 cm³/mol. The third-order valence-corrected chi connectivity index (χ3v) is 0.987. The molecule has 0 fully saturated rings. The second-order valence-corrected chi connectivity index (χ2v) is 1.99. The fourth-order valence-corrected chi connectivity index (χ4v) is 0.652. The van der Waals surface area contributed by atoms with Gasteiger partial charge in [-0.15, -0.1) is 0 Å².